The predicted octanol–water partition coefficient (Wildman–Crippen LogP) is 3.19. The van der Waals surface area contributed by atoms with Crippen molar-refractivity contribution in [2.24, 2.45) is 10.7 Å². The van der Waals surface area contributed by atoms with Gasteiger partial charge in [-0.05, 0) is 29.5 Å². The Bertz CT molecular complexity index is 984. The lowest BCUT2D eigenvalue weighted by molar-refractivity contribution is -0.115. The Morgan fingerprint density at radius 2 is 1.80 bits per heavy atom. The highest BCUT2D eigenvalue weighted by Gasteiger charge is 2.38. The number of nitrogens with two attached hydrogens (primary N) is 1. The van der Waals surface area contributed by atoms with E-state index >= 15 is 0 Å². The maximum atomic E-state index is 13.1. The number of fused-ring (bicyclic) bond motifs is 1. The smallest absolute Gasteiger partial charge is 0.287 e. The number of carbonyl (C=O) groups excluding carboxylic acids is 2. The number of anilines is 1. The van der Waals surface area contributed by atoms with Gasteiger partial charge in [-0.2, -0.15) is 4.99 Å². The largest absolute Gasteiger partial charge is 0.378 e. The standard InChI is InChI=1S/C18H12ClN3O2S/c19-12-7-3-1-5-10(12)9-22-13-8-4-2-6-11(13)14(17(22)24)15-16(23)21-18(20)25-15/h1-8H,9H2,(H2,20,21,23). The quantitative estimate of drug-likeness (QED) is 0.825. The van der Waals surface area contributed by atoms with Crippen LogP contribution in [0.1, 0.15) is 11.1 Å². The number of hydrogen-bond donors (Lipinski definition) is 1. The minimum atomic E-state index is -0.472. The van der Waals surface area contributed by atoms with Crippen molar-refractivity contribution in [3.05, 3.63) is 69.6 Å². The summed E-state index contributed by atoms with van der Waals surface area (Å²) in [6.07, 6.45) is 0. The normalized spacial score (nSPS) is 19.4. The molecule has 2 aliphatic heterocycles. The number of rotatable bonds is 2. The van der Waals surface area contributed by atoms with Crippen molar-refractivity contribution in [2.75, 3.05) is 4.90 Å². The number of nitrogens with zero attached hydrogens (tertiary/aromatic N) is 2. The summed E-state index contributed by atoms with van der Waals surface area (Å²) in [5.41, 5.74) is 8.28. The Labute approximate surface area is 153 Å². The zero-order chi connectivity index (χ0) is 17.6. The summed E-state index contributed by atoms with van der Waals surface area (Å²) in [6, 6.07) is 14.7. The highest BCUT2D eigenvalue weighted by Crippen LogP contribution is 2.43. The fourth-order valence-corrected chi connectivity index (χ4v) is 3.90. The summed E-state index contributed by atoms with van der Waals surface area (Å²) in [5.74, 6) is -0.720. The summed E-state index contributed by atoms with van der Waals surface area (Å²) in [6.45, 7) is 0.321. The van der Waals surface area contributed by atoms with Crippen molar-refractivity contribution in [1.82, 2.24) is 0 Å². The molecule has 0 saturated carbocycles. The lowest BCUT2D eigenvalue weighted by Gasteiger charge is -2.18. The Morgan fingerprint density at radius 3 is 2.52 bits per heavy atom. The van der Waals surface area contributed by atoms with E-state index in [4.69, 9.17) is 17.3 Å². The average molecular weight is 370 g/mol. The van der Waals surface area contributed by atoms with E-state index in [-0.39, 0.29) is 16.0 Å². The number of amidine groups is 1. The monoisotopic (exact) mass is 369 g/mol. The highest BCUT2D eigenvalue weighted by molar-refractivity contribution is 8.18. The van der Waals surface area contributed by atoms with Crippen LogP contribution in [0.5, 0.6) is 0 Å². The molecule has 2 N–H and O–H groups in total. The van der Waals surface area contributed by atoms with Gasteiger partial charge in [0.2, 0.25) is 0 Å². The van der Waals surface area contributed by atoms with E-state index in [1.807, 2.05) is 42.5 Å². The molecule has 7 heteroatoms. The fourth-order valence-electron chi connectivity index (χ4n) is 2.93. The second kappa shape index (κ2) is 6.06. The first-order chi connectivity index (χ1) is 12.1. The van der Waals surface area contributed by atoms with Crippen LogP contribution in [0, 0.1) is 0 Å². The van der Waals surface area contributed by atoms with E-state index < -0.39 is 5.91 Å². The first-order valence-electron chi connectivity index (χ1n) is 7.51. The van der Waals surface area contributed by atoms with Crippen LogP contribution >= 0.6 is 23.4 Å². The van der Waals surface area contributed by atoms with Crippen LogP contribution in [0.2, 0.25) is 5.02 Å². The number of thioether (sulfide) groups is 1. The van der Waals surface area contributed by atoms with Crippen molar-refractivity contribution in [2.45, 2.75) is 6.54 Å². The number of aliphatic imine (C=N–C) groups is 1. The molecule has 0 saturated heterocycles. The molecule has 0 spiro atoms. The van der Waals surface area contributed by atoms with Crippen molar-refractivity contribution >= 4 is 51.6 Å². The Kier molecular flexibility index (Phi) is 3.86. The average Bonchev–Trinajstić information content (AvgIpc) is 3.06. The van der Waals surface area contributed by atoms with Crippen LogP contribution in [-0.4, -0.2) is 17.0 Å². The molecule has 2 aromatic rings. The summed E-state index contributed by atoms with van der Waals surface area (Å²) < 4.78 is 0. The van der Waals surface area contributed by atoms with Crippen molar-refractivity contribution in [1.29, 1.82) is 0 Å². The first kappa shape index (κ1) is 15.9. The Balaban J connectivity index is 1.81. The van der Waals surface area contributed by atoms with Crippen LogP contribution < -0.4 is 10.6 Å². The molecule has 2 aliphatic rings. The molecule has 0 radical (unpaired) electrons. The molecular weight excluding hydrogens is 358 g/mol. The summed E-state index contributed by atoms with van der Waals surface area (Å²) >= 11 is 7.27. The molecule has 2 aromatic carbocycles. The molecule has 0 aromatic heterocycles. The summed E-state index contributed by atoms with van der Waals surface area (Å²) in [4.78, 5) is 30.8. The van der Waals surface area contributed by atoms with Gasteiger partial charge in [-0.25, -0.2) is 0 Å². The molecule has 0 unspecified atom stereocenters. The minimum absolute atomic E-state index is 0.155. The number of halogens is 1. The molecule has 2 heterocycles. The number of hydrogen-bond acceptors (Lipinski definition) is 4. The molecule has 2 amide bonds. The molecule has 0 atom stereocenters. The Hall–Kier alpha value is -2.57. The molecule has 124 valence electrons. The lowest BCUT2D eigenvalue weighted by Crippen LogP contribution is -2.26. The van der Waals surface area contributed by atoms with Gasteiger partial charge in [-0.1, -0.05) is 48.0 Å². The second-order valence-electron chi connectivity index (χ2n) is 5.56. The van der Waals surface area contributed by atoms with Crippen molar-refractivity contribution < 1.29 is 9.59 Å². The van der Waals surface area contributed by atoms with E-state index in [0.717, 1.165) is 23.0 Å². The third-order valence-corrected chi connectivity index (χ3v) is 5.30. The SMILES string of the molecule is NC1=NC(=O)C(=C2C(=O)N(Cc3ccccc3Cl)c3ccccc32)S1. The molecule has 0 fully saturated rings. The first-order valence-corrected chi connectivity index (χ1v) is 8.71. The van der Waals surface area contributed by atoms with Gasteiger partial charge in [0.05, 0.1) is 22.7 Å². The zero-order valence-electron chi connectivity index (χ0n) is 12.9. The van der Waals surface area contributed by atoms with Crippen LogP contribution in [0.3, 0.4) is 0 Å². The van der Waals surface area contributed by atoms with Crippen molar-refractivity contribution in [3.63, 3.8) is 0 Å². The van der Waals surface area contributed by atoms with E-state index in [2.05, 4.69) is 4.99 Å². The van der Waals surface area contributed by atoms with Gasteiger partial charge < -0.3 is 10.6 Å². The maximum absolute atomic E-state index is 13.1. The number of carbonyl (C=O) groups is 2. The van der Waals surface area contributed by atoms with Crippen LogP contribution in [0.15, 0.2) is 58.4 Å². The van der Waals surface area contributed by atoms with E-state index in [1.54, 1.807) is 11.0 Å². The van der Waals surface area contributed by atoms with E-state index in [0.29, 0.717) is 22.7 Å². The highest BCUT2D eigenvalue weighted by atomic mass is 35.5. The third kappa shape index (κ3) is 2.63. The molecule has 5 nitrogen and oxygen atoms in total. The minimum Gasteiger partial charge on any atom is -0.378 e. The van der Waals surface area contributed by atoms with Gasteiger partial charge in [-0.15, -0.1) is 0 Å². The molecule has 0 aliphatic carbocycles. The van der Waals surface area contributed by atoms with Gasteiger partial charge in [0, 0.05) is 10.6 Å². The van der Waals surface area contributed by atoms with E-state index in [1.165, 1.54) is 0 Å². The predicted molar refractivity (Wildman–Crippen MR) is 100 cm³/mol. The molecular formula is C18H12ClN3O2S. The van der Waals surface area contributed by atoms with Crippen molar-refractivity contribution in [3.8, 4) is 0 Å². The number of para-hydroxylation sites is 1. The van der Waals surface area contributed by atoms with Gasteiger partial charge in [0.1, 0.15) is 0 Å². The lowest BCUT2D eigenvalue weighted by atomic mass is 10.1. The fraction of sp³-hybridized carbons (Fsp3) is 0.0556. The van der Waals surface area contributed by atoms with Gasteiger partial charge in [0.15, 0.2) is 5.17 Å². The van der Waals surface area contributed by atoms with Gasteiger partial charge in [-0.3, -0.25) is 9.59 Å². The maximum Gasteiger partial charge on any atom is 0.287 e. The van der Waals surface area contributed by atoms with E-state index in [9.17, 15) is 9.59 Å². The third-order valence-electron chi connectivity index (χ3n) is 4.05. The second-order valence-corrected chi connectivity index (χ2v) is 7.00. The summed E-state index contributed by atoms with van der Waals surface area (Å²) in [5, 5.41) is 0.745. The zero-order valence-corrected chi connectivity index (χ0v) is 14.5. The van der Waals surface area contributed by atoms with Crippen LogP contribution in [-0.2, 0) is 16.1 Å². The topological polar surface area (TPSA) is 75.8 Å². The number of amides is 2. The number of benzene rings is 2. The van der Waals surface area contributed by atoms with Crippen LogP contribution in [0.25, 0.3) is 5.57 Å². The van der Waals surface area contributed by atoms with Gasteiger partial charge in [0.25, 0.3) is 11.8 Å². The molecule has 4 rings (SSSR count). The Morgan fingerprint density at radius 1 is 1.08 bits per heavy atom. The van der Waals surface area contributed by atoms with Crippen LogP contribution in [0.4, 0.5) is 5.69 Å². The summed E-state index contributed by atoms with van der Waals surface area (Å²) in [7, 11) is 0. The molecule has 25 heavy (non-hydrogen) atoms. The molecule has 0 bridgehead atoms. The van der Waals surface area contributed by atoms with Gasteiger partial charge >= 0.3 is 0 Å².